The second kappa shape index (κ2) is 6.54. The molecule has 0 aromatic carbocycles. The molecule has 1 unspecified atom stereocenters. The van der Waals surface area contributed by atoms with E-state index >= 15 is 0 Å². The molecule has 1 atom stereocenters. The van der Waals surface area contributed by atoms with Crippen molar-refractivity contribution < 1.29 is 0 Å². The van der Waals surface area contributed by atoms with E-state index < -0.39 is 0 Å². The van der Waals surface area contributed by atoms with Gasteiger partial charge in [-0.2, -0.15) is 0 Å². The molecule has 0 aliphatic heterocycles. The van der Waals surface area contributed by atoms with Crippen molar-refractivity contribution in [2.24, 2.45) is 5.92 Å². The summed E-state index contributed by atoms with van der Waals surface area (Å²) in [6.07, 6.45) is 6.30. The molecule has 0 bridgehead atoms. The van der Waals surface area contributed by atoms with Crippen LogP contribution in [-0.2, 0) is 6.42 Å². The molecule has 1 aliphatic rings. The second-order valence-electron chi connectivity index (χ2n) is 6.61. The molecule has 2 rings (SSSR count). The molecule has 0 saturated heterocycles. The van der Waals surface area contributed by atoms with E-state index in [0.717, 1.165) is 18.0 Å². The Hall–Kier alpha value is -0.450. The highest BCUT2D eigenvalue weighted by Crippen LogP contribution is 2.38. The maximum atomic E-state index is 4.66. The topological polar surface area (TPSA) is 28.2 Å². The minimum absolute atomic E-state index is 0.279. The molecule has 0 amide bonds. The van der Waals surface area contributed by atoms with E-state index in [0.29, 0.717) is 6.04 Å². The average Bonchev–Trinajstić information content (AvgIpc) is 2.82. The maximum absolute atomic E-state index is 4.66. The van der Waals surface area contributed by atoms with E-state index in [-0.39, 0.29) is 5.54 Å². The van der Waals surface area contributed by atoms with Gasteiger partial charge in [0.15, 0.2) is 0 Å². The summed E-state index contributed by atoms with van der Waals surface area (Å²) < 4.78 is 0. The fourth-order valence-electron chi connectivity index (χ4n) is 3.60. The summed E-state index contributed by atoms with van der Waals surface area (Å²) in [7, 11) is 6.59. The molecule has 1 aromatic heterocycles. The molecule has 20 heavy (non-hydrogen) atoms. The first-order chi connectivity index (χ1) is 9.48. The van der Waals surface area contributed by atoms with Crippen molar-refractivity contribution in [2.45, 2.75) is 57.5 Å². The number of rotatable bonds is 5. The molecule has 3 nitrogen and oxygen atoms in total. The molecule has 1 aromatic rings. The molecule has 1 saturated carbocycles. The maximum Gasteiger partial charge on any atom is 0.0944 e. The summed E-state index contributed by atoms with van der Waals surface area (Å²) in [5.41, 5.74) is 1.43. The van der Waals surface area contributed by atoms with Crippen LogP contribution in [0.1, 0.15) is 43.3 Å². The van der Waals surface area contributed by atoms with Crippen molar-refractivity contribution in [3.8, 4) is 0 Å². The first-order valence-electron chi connectivity index (χ1n) is 7.73. The van der Waals surface area contributed by atoms with Gasteiger partial charge in [0.05, 0.1) is 5.01 Å². The summed E-state index contributed by atoms with van der Waals surface area (Å²) in [5.74, 6) is 0.877. The summed E-state index contributed by atoms with van der Waals surface area (Å²) in [4.78, 5) is 7.12. The Balaban J connectivity index is 2.17. The van der Waals surface area contributed by atoms with Crippen molar-refractivity contribution in [1.82, 2.24) is 15.2 Å². The number of hydrogen-bond donors (Lipinski definition) is 1. The Morgan fingerprint density at radius 1 is 1.45 bits per heavy atom. The molecule has 0 radical (unpaired) electrons. The van der Waals surface area contributed by atoms with Gasteiger partial charge in [-0.05, 0) is 59.7 Å². The normalized spacial score (nSPS) is 28.8. The van der Waals surface area contributed by atoms with Crippen LogP contribution in [-0.4, -0.2) is 42.6 Å². The monoisotopic (exact) mass is 295 g/mol. The van der Waals surface area contributed by atoms with Crippen molar-refractivity contribution in [1.29, 1.82) is 0 Å². The van der Waals surface area contributed by atoms with Gasteiger partial charge >= 0.3 is 0 Å². The van der Waals surface area contributed by atoms with Crippen LogP contribution in [0.15, 0.2) is 5.38 Å². The van der Waals surface area contributed by atoms with E-state index in [2.05, 4.69) is 55.6 Å². The smallest absolute Gasteiger partial charge is 0.0944 e. The zero-order valence-corrected chi connectivity index (χ0v) is 14.4. The third-order valence-corrected chi connectivity index (χ3v) is 6.06. The van der Waals surface area contributed by atoms with Crippen LogP contribution in [0.3, 0.4) is 0 Å². The quantitative estimate of drug-likeness (QED) is 0.905. The van der Waals surface area contributed by atoms with Crippen LogP contribution in [0.2, 0.25) is 0 Å². The third-order valence-electron chi connectivity index (χ3n) is 5.07. The lowest BCUT2D eigenvalue weighted by molar-refractivity contribution is 0.0461. The second-order valence-corrected chi connectivity index (χ2v) is 7.55. The fourth-order valence-corrected chi connectivity index (χ4v) is 4.42. The Bertz CT molecular complexity index is 419. The van der Waals surface area contributed by atoms with Gasteiger partial charge in [0.2, 0.25) is 0 Å². The molecule has 0 spiro atoms. The van der Waals surface area contributed by atoms with Crippen molar-refractivity contribution in [3.63, 3.8) is 0 Å². The number of nitrogens with zero attached hydrogens (tertiary/aromatic N) is 2. The van der Waals surface area contributed by atoms with Gasteiger partial charge in [0.25, 0.3) is 0 Å². The number of aromatic nitrogens is 1. The number of aryl methyl sites for hydroxylation is 1. The van der Waals surface area contributed by atoms with Crippen molar-refractivity contribution in [2.75, 3.05) is 21.1 Å². The zero-order chi connectivity index (χ0) is 14.8. The molecule has 1 fully saturated rings. The number of thiazole rings is 1. The van der Waals surface area contributed by atoms with Gasteiger partial charge in [-0.25, -0.2) is 4.98 Å². The van der Waals surface area contributed by atoms with Crippen LogP contribution >= 0.6 is 11.3 Å². The van der Waals surface area contributed by atoms with Crippen LogP contribution in [0.25, 0.3) is 0 Å². The van der Waals surface area contributed by atoms with Gasteiger partial charge < -0.3 is 10.2 Å². The van der Waals surface area contributed by atoms with Gasteiger partial charge in [-0.1, -0.05) is 6.92 Å². The Morgan fingerprint density at radius 2 is 2.10 bits per heavy atom. The van der Waals surface area contributed by atoms with Gasteiger partial charge in [0.1, 0.15) is 0 Å². The SMILES string of the molecule is CNC(Cc1nc(C)cs1)C1(N(C)C)CCC(C)CC1. The van der Waals surface area contributed by atoms with Gasteiger partial charge in [0, 0.05) is 29.1 Å². The number of nitrogens with one attached hydrogen (secondary N) is 1. The lowest BCUT2D eigenvalue weighted by Gasteiger charge is -2.49. The zero-order valence-electron chi connectivity index (χ0n) is 13.6. The van der Waals surface area contributed by atoms with Gasteiger partial charge in [-0.3, -0.25) is 0 Å². The molecule has 1 heterocycles. The Kier molecular flexibility index (Phi) is 5.21. The lowest BCUT2D eigenvalue weighted by Crippen LogP contribution is -2.60. The number of hydrogen-bond acceptors (Lipinski definition) is 4. The van der Waals surface area contributed by atoms with Crippen LogP contribution in [0, 0.1) is 12.8 Å². The average molecular weight is 295 g/mol. The molecule has 1 N–H and O–H groups in total. The summed E-state index contributed by atoms with van der Waals surface area (Å²) in [5, 5.41) is 7.02. The van der Waals surface area contributed by atoms with E-state index in [1.54, 1.807) is 11.3 Å². The van der Waals surface area contributed by atoms with Crippen molar-refractivity contribution in [3.05, 3.63) is 16.1 Å². The predicted molar refractivity (Wildman–Crippen MR) is 87.5 cm³/mol. The highest BCUT2D eigenvalue weighted by atomic mass is 32.1. The summed E-state index contributed by atoms with van der Waals surface area (Å²) in [6, 6.07) is 0.482. The van der Waals surface area contributed by atoms with Crippen molar-refractivity contribution >= 4 is 11.3 Å². The summed E-state index contributed by atoms with van der Waals surface area (Å²) in [6.45, 7) is 4.47. The fraction of sp³-hybridized carbons (Fsp3) is 0.812. The highest BCUT2D eigenvalue weighted by Gasteiger charge is 2.42. The lowest BCUT2D eigenvalue weighted by atomic mass is 9.71. The van der Waals surface area contributed by atoms with E-state index in [4.69, 9.17) is 0 Å². The molecule has 4 heteroatoms. The molecular weight excluding hydrogens is 266 g/mol. The third kappa shape index (κ3) is 3.23. The van der Waals surface area contributed by atoms with E-state index in [1.165, 1.54) is 30.7 Å². The first kappa shape index (κ1) is 15.9. The Morgan fingerprint density at radius 3 is 2.55 bits per heavy atom. The molecular formula is C16H29N3S. The Labute approximate surface area is 127 Å². The number of likely N-dealkylation sites (N-methyl/N-ethyl adjacent to an activating group) is 2. The molecule has 114 valence electrons. The highest BCUT2D eigenvalue weighted by molar-refractivity contribution is 7.09. The predicted octanol–water partition coefficient (Wildman–Crippen LogP) is 3.09. The van der Waals surface area contributed by atoms with Crippen LogP contribution in [0.4, 0.5) is 0 Å². The van der Waals surface area contributed by atoms with Crippen LogP contribution in [0.5, 0.6) is 0 Å². The standard InChI is InChI=1S/C16H29N3S/c1-12-6-8-16(9-7-12,19(4)5)14(17-3)10-15-18-13(2)11-20-15/h11-12,14,17H,6-10H2,1-5H3. The minimum Gasteiger partial charge on any atom is -0.315 e. The van der Waals surface area contributed by atoms with E-state index in [1.807, 2.05) is 0 Å². The minimum atomic E-state index is 0.279. The summed E-state index contributed by atoms with van der Waals surface area (Å²) >= 11 is 1.80. The van der Waals surface area contributed by atoms with Crippen LogP contribution < -0.4 is 5.32 Å². The first-order valence-corrected chi connectivity index (χ1v) is 8.61. The van der Waals surface area contributed by atoms with E-state index in [9.17, 15) is 0 Å². The largest absolute Gasteiger partial charge is 0.315 e. The molecule has 1 aliphatic carbocycles. The van der Waals surface area contributed by atoms with Gasteiger partial charge in [-0.15, -0.1) is 11.3 Å².